The van der Waals surface area contributed by atoms with Crippen LogP contribution in [0.15, 0.2) is 12.1 Å². The van der Waals surface area contributed by atoms with Crippen LogP contribution in [0, 0.1) is 6.92 Å². The van der Waals surface area contributed by atoms with Gasteiger partial charge in [0.25, 0.3) is 0 Å². The Hall–Kier alpha value is -0.800. The van der Waals surface area contributed by atoms with Gasteiger partial charge in [0.05, 0.1) is 10.2 Å². The molecule has 0 aliphatic heterocycles. The van der Waals surface area contributed by atoms with Crippen molar-refractivity contribution in [1.82, 2.24) is 4.98 Å². The Morgan fingerprint density at radius 2 is 2.25 bits per heavy atom. The Balaban J connectivity index is 2.83. The summed E-state index contributed by atoms with van der Waals surface area (Å²) in [6, 6.07) is 3.85. The second-order valence-electron chi connectivity index (χ2n) is 2.62. The van der Waals surface area contributed by atoms with Gasteiger partial charge in [0.2, 0.25) is 0 Å². The van der Waals surface area contributed by atoms with E-state index in [-0.39, 0.29) is 0 Å². The summed E-state index contributed by atoms with van der Waals surface area (Å²) >= 11 is 7.40. The van der Waals surface area contributed by atoms with Gasteiger partial charge >= 0.3 is 0 Å². The van der Waals surface area contributed by atoms with E-state index in [0.29, 0.717) is 5.13 Å². The SMILES string of the molecule is Cc1cc2sc(N)nc2cc1Cl. The summed E-state index contributed by atoms with van der Waals surface area (Å²) in [7, 11) is 0. The number of nitrogens with zero attached hydrogens (tertiary/aromatic N) is 1. The summed E-state index contributed by atoms with van der Waals surface area (Å²) in [4.78, 5) is 4.13. The number of aromatic nitrogens is 1. The van der Waals surface area contributed by atoms with Crippen molar-refractivity contribution >= 4 is 38.3 Å². The first kappa shape index (κ1) is 7.83. The van der Waals surface area contributed by atoms with Crippen LogP contribution in [0.5, 0.6) is 0 Å². The van der Waals surface area contributed by atoms with Crippen molar-refractivity contribution < 1.29 is 0 Å². The largest absolute Gasteiger partial charge is 0.375 e. The zero-order valence-electron chi connectivity index (χ0n) is 6.47. The number of hydrogen-bond acceptors (Lipinski definition) is 3. The number of anilines is 1. The first-order valence-electron chi connectivity index (χ1n) is 3.49. The molecule has 2 N–H and O–H groups in total. The van der Waals surface area contributed by atoms with Crippen LogP contribution in [0.3, 0.4) is 0 Å². The van der Waals surface area contributed by atoms with E-state index < -0.39 is 0 Å². The molecule has 4 heteroatoms. The van der Waals surface area contributed by atoms with Gasteiger partial charge in [0.1, 0.15) is 0 Å². The number of nitrogen functional groups attached to an aromatic ring is 1. The van der Waals surface area contributed by atoms with Gasteiger partial charge in [-0.1, -0.05) is 22.9 Å². The number of thiazole rings is 1. The predicted molar refractivity (Wildman–Crippen MR) is 53.8 cm³/mol. The fraction of sp³-hybridized carbons (Fsp3) is 0.125. The minimum absolute atomic E-state index is 0.590. The van der Waals surface area contributed by atoms with Crippen LogP contribution in [0.1, 0.15) is 5.56 Å². The summed E-state index contributed by atoms with van der Waals surface area (Å²) in [5, 5.41) is 1.33. The summed E-state index contributed by atoms with van der Waals surface area (Å²) in [5.41, 5.74) is 7.50. The quantitative estimate of drug-likeness (QED) is 0.707. The van der Waals surface area contributed by atoms with Crippen LogP contribution >= 0.6 is 22.9 Å². The number of aryl methyl sites for hydroxylation is 1. The third-order valence-electron chi connectivity index (χ3n) is 1.69. The molecule has 0 unspecified atom stereocenters. The lowest BCUT2D eigenvalue weighted by atomic mass is 10.2. The predicted octanol–water partition coefficient (Wildman–Crippen LogP) is 2.84. The lowest BCUT2D eigenvalue weighted by molar-refractivity contribution is 1.46. The molecule has 12 heavy (non-hydrogen) atoms. The number of halogens is 1. The molecule has 0 saturated carbocycles. The normalized spacial score (nSPS) is 10.8. The van der Waals surface area contributed by atoms with E-state index in [9.17, 15) is 0 Å². The highest BCUT2D eigenvalue weighted by Crippen LogP contribution is 2.28. The Kier molecular flexibility index (Phi) is 1.70. The Bertz CT molecular complexity index is 397. The molecule has 0 aliphatic carbocycles. The van der Waals surface area contributed by atoms with Crippen molar-refractivity contribution in [1.29, 1.82) is 0 Å². The lowest BCUT2D eigenvalue weighted by Gasteiger charge is -1.94. The molecule has 1 aromatic carbocycles. The molecule has 0 amide bonds. The fourth-order valence-electron chi connectivity index (χ4n) is 1.07. The van der Waals surface area contributed by atoms with Crippen LogP contribution in [0.2, 0.25) is 5.02 Å². The minimum Gasteiger partial charge on any atom is -0.375 e. The molecule has 0 fully saturated rings. The van der Waals surface area contributed by atoms with Crippen LogP contribution < -0.4 is 5.73 Å². The summed E-state index contributed by atoms with van der Waals surface area (Å²) in [6.45, 7) is 1.97. The van der Waals surface area contributed by atoms with Crippen molar-refractivity contribution in [3.05, 3.63) is 22.7 Å². The first-order chi connectivity index (χ1) is 5.66. The smallest absolute Gasteiger partial charge is 0.181 e. The van der Waals surface area contributed by atoms with Crippen molar-refractivity contribution in [2.75, 3.05) is 5.73 Å². The number of nitrogens with two attached hydrogens (primary N) is 1. The molecular weight excluding hydrogens is 192 g/mol. The molecule has 2 aromatic rings. The zero-order chi connectivity index (χ0) is 8.72. The van der Waals surface area contributed by atoms with Gasteiger partial charge in [-0.2, -0.15) is 0 Å². The maximum Gasteiger partial charge on any atom is 0.181 e. The molecule has 62 valence electrons. The van der Waals surface area contributed by atoms with E-state index in [1.165, 1.54) is 11.3 Å². The van der Waals surface area contributed by atoms with Crippen LogP contribution in [0.4, 0.5) is 5.13 Å². The molecule has 0 spiro atoms. The summed E-state index contributed by atoms with van der Waals surface area (Å²) in [6.07, 6.45) is 0. The molecular formula is C8H7ClN2S. The maximum absolute atomic E-state index is 5.92. The molecule has 0 saturated heterocycles. The van der Waals surface area contributed by atoms with E-state index >= 15 is 0 Å². The van der Waals surface area contributed by atoms with Crippen molar-refractivity contribution in [3.63, 3.8) is 0 Å². The second-order valence-corrected chi connectivity index (χ2v) is 4.09. The van der Waals surface area contributed by atoms with Gasteiger partial charge in [-0.3, -0.25) is 0 Å². The number of fused-ring (bicyclic) bond motifs is 1. The van der Waals surface area contributed by atoms with Crippen LogP contribution in [-0.4, -0.2) is 4.98 Å². The Morgan fingerprint density at radius 1 is 1.50 bits per heavy atom. The van der Waals surface area contributed by atoms with Gasteiger partial charge in [0.15, 0.2) is 5.13 Å². The van der Waals surface area contributed by atoms with Gasteiger partial charge in [0, 0.05) is 5.02 Å². The highest BCUT2D eigenvalue weighted by molar-refractivity contribution is 7.22. The molecule has 0 atom stereocenters. The number of benzene rings is 1. The topological polar surface area (TPSA) is 38.9 Å². The van der Waals surface area contributed by atoms with Crippen molar-refractivity contribution in [2.45, 2.75) is 6.92 Å². The standard InChI is InChI=1S/C8H7ClN2S/c1-4-2-7-6(3-5(4)9)11-8(10)12-7/h2-3H,1H3,(H2,10,11). The Morgan fingerprint density at radius 3 is 3.00 bits per heavy atom. The van der Waals surface area contributed by atoms with Gasteiger partial charge < -0.3 is 5.73 Å². The monoisotopic (exact) mass is 198 g/mol. The molecule has 0 aliphatic rings. The summed E-state index contributed by atoms with van der Waals surface area (Å²) < 4.78 is 1.09. The molecule has 1 heterocycles. The highest BCUT2D eigenvalue weighted by atomic mass is 35.5. The molecule has 1 aromatic heterocycles. The zero-order valence-corrected chi connectivity index (χ0v) is 8.04. The van der Waals surface area contributed by atoms with Crippen molar-refractivity contribution in [3.8, 4) is 0 Å². The molecule has 2 nitrogen and oxygen atoms in total. The average molecular weight is 199 g/mol. The van der Waals surface area contributed by atoms with Gasteiger partial charge in [-0.05, 0) is 24.6 Å². The fourth-order valence-corrected chi connectivity index (χ4v) is 2.04. The van der Waals surface area contributed by atoms with E-state index in [4.69, 9.17) is 17.3 Å². The van der Waals surface area contributed by atoms with E-state index in [1.54, 1.807) is 0 Å². The molecule has 0 radical (unpaired) electrons. The van der Waals surface area contributed by atoms with E-state index in [0.717, 1.165) is 20.8 Å². The number of rotatable bonds is 0. The third kappa shape index (κ3) is 1.15. The molecule has 0 bridgehead atoms. The van der Waals surface area contributed by atoms with Crippen LogP contribution in [0.25, 0.3) is 10.2 Å². The molecule has 2 rings (SSSR count). The van der Waals surface area contributed by atoms with Gasteiger partial charge in [-0.15, -0.1) is 0 Å². The Labute approximate surface area is 79.0 Å². The lowest BCUT2D eigenvalue weighted by Crippen LogP contribution is -1.79. The van der Waals surface area contributed by atoms with E-state index in [2.05, 4.69) is 4.98 Å². The number of hydrogen-bond donors (Lipinski definition) is 1. The van der Waals surface area contributed by atoms with Gasteiger partial charge in [-0.25, -0.2) is 4.98 Å². The first-order valence-corrected chi connectivity index (χ1v) is 4.68. The average Bonchev–Trinajstić information content (AvgIpc) is 2.30. The van der Waals surface area contributed by atoms with Crippen LogP contribution in [-0.2, 0) is 0 Å². The van der Waals surface area contributed by atoms with Crippen molar-refractivity contribution in [2.24, 2.45) is 0 Å². The van der Waals surface area contributed by atoms with E-state index in [1.807, 2.05) is 19.1 Å². The maximum atomic E-state index is 5.92. The third-order valence-corrected chi connectivity index (χ3v) is 2.94. The highest BCUT2D eigenvalue weighted by Gasteiger charge is 2.03. The minimum atomic E-state index is 0.590. The second kappa shape index (κ2) is 2.61. The summed E-state index contributed by atoms with van der Waals surface area (Å²) in [5.74, 6) is 0.